The van der Waals surface area contributed by atoms with Crippen LogP contribution in [0.5, 0.6) is 11.5 Å². The van der Waals surface area contributed by atoms with E-state index in [2.05, 4.69) is 5.32 Å². The zero-order chi connectivity index (χ0) is 17.2. The number of carbonyl (C=O) groups is 3. The van der Waals surface area contributed by atoms with Gasteiger partial charge in [0.15, 0.2) is 17.3 Å². The summed E-state index contributed by atoms with van der Waals surface area (Å²) in [7, 11) is 1.67. The quantitative estimate of drug-likeness (QED) is 0.427. The number of esters is 2. The van der Waals surface area contributed by atoms with E-state index in [9.17, 15) is 14.4 Å². The van der Waals surface area contributed by atoms with Crippen molar-refractivity contribution in [3.8, 4) is 11.5 Å². The van der Waals surface area contributed by atoms with Crippen molar-refractivity contribution in [1.82, 2.24) is 5.32 Å². The number of hydrogen-bond donors (Lipinski definition) is 1. The van der Waals surface area contributed by atoms with Crippen molar-refractivity contribution >= 4 is 17.7 Å². The number of likely N-dealkylation sites (N-methyl/N-ethyl adjacent to an activating group) is 1. The minimum absolute atomic E-state index is 0.0925. The third kappa shape index (κ3) is 6.20. The van der Waals surface area contributed by atoms with Gasteiger partial charge < -0.3 is 14.8 Å². The van der Waals surface area contributed by atoms with Gasteiger partial charge >= 0.3 is 11.9 Å². The van der Waals surface area contributed by atoms with Crippen molar-refractivity contribution in [3.63, 3.8) is 0 Å². The second-order valence-electron chi connectivity index (χ2n) is 5.06. The van der Waals surface area contributed by atoms with E-state index in [0.717, 1.165) is 0 Å². The average molecular weight is 321 g/mol. The Morgan fingerprint density at radius 2 is 1.52 bits per heavy atom. The fraction of sp³-hybridized carbons (Fsp3) is 0.471. The smallest absolute Gasteiger partial charge is 0.311 e. The van der Waals surface area contributed by atoms with Crippen molar-refractivity contribution < 1.29 is 23.9 Å². The standard InChI is InChI=1S/C17H23NO5/c1-4-6-16(20)22-14-9-8-12(13(19)11-18-3)10-15(14)23-17(21)7-5-2/h8-10,18H,4-7,11H2,1-3H3. The lowest BCUT2D eigenvalue weighted by Gasteiger charge is -2.12. The minimum atomic E-state index is -0.432. The van der Waals surface area contributed by atoms with Gasteiger partial charge in [0.25, 0.3) is 0 Å². The van der Waals surface area contributed by atoms with Crippen LogP contribution in [-0.4, -0.2) is 31.3 Å². The van der Waals surface area contributed by atoms with Gasteiger partial charge in [-0.15, -0.1) is 0 Å². The van der Waals surface area contributed by atoms with Gasteiger partial charge in [0.1, 0.15) is 0 Å². The van der Waals surface area contributed by atoms with E-state index >= 15 is 0 Å². The molecule has 1 aromatic rings. The van der Waals surface area contributed by atoms with Gasteiger partial charge in [-0.1, -0.05) is 13.8 Å². The largest absolute Gasteiger partial charge is 0.423 e. The van der Waals surface area contributed by atoms with Crippen LogP contribution >= 0.6 is 0 Å². The van der Waals surface area contributed by atoms with E-state index in [-0.39, 0.29) is 36.7 Å². The van der Waals surface area contributed by atoms with Crippen molar-refractivity contribution in [3.05, 3.63) is 23.8 Å². The number of carbonyl (C=O) groups excluding carboxylic acids is 3. The molecule has 0 spiro atoms. The number of ether oxygens (including phenoxy) is 2. The Morgan fingerprint density at radius 1 is 0.957 bits per heavy atom. The first-order chi connectivity index (χ1) is 11.0. The molecule has 0 saturated heterocycles. The van der Waals surface area contributed by atoms with Crippen molar-refractivity contribution in [2.75, 3.05) is 13.6 Å². The maximum absolute atomic E-state index is 11.9. The lowest BCUT2D eigenvalue weighted by Crippen LogP contribution is -2.19. The van der Waals surface area contributed by atoms with Gasteiger partial charge in [0.2, 0.25) is 0 Å². The monoisotopic (exact) mass is 321 g/mol. The summed E-state index contributed by atoms with van der Waals surface area (Å²) in [6, 6.07) is 4.46. The summed E-state index contributed by atoms with van der Waals surface area (Å²) in [5.74, 6) is -0.747. The van der Waals surface area contributed by atoms with Crippen LogP contribution in [0.15, 0.2) is 18.2 Å². The maximum atomic E-state index is 11.9. The Bertz CT molecular complexity index is 568. The fourth-order valence-corrected chi connectivity index (χ4v) is 1.86. The van der Waals surface area contributed by atoms with Crippen LogP contribution in [0, 0.1) is 0 Å². The zero-order valence-corrected chi connectivity index (χ0v) is 13.8. The molecule has 0 amide bonds. The van der Waals surface area contributed by atoms with E-state index in [1.54, 1.807) is 13.1 Å². The van der Waals surface area contributed by atoms with Gasteiger partial charge in [0.05, 0.1) is 6.54 Å². The molecular weight excluding hydrogens is 298 g/mol. The highest BCUT2D eigenvalue weighted by Crippen LogP contribution is 2.29. The van der Waals surface area contributed by atoms with E-state index < -0.39 is 11.9 Å². The number of nitrogens with one attached hydrogen (secondary N) is 1. The van der Waals surface area contributed by atoms with E-state index in [4.69, 9.17) is 9.47 Å². The normalized spacial score (nSPS) is 10.2. The highest BCUT2D eigenvalue weighted by atomic mass is 16.6. The minimum Gasteiger partial charge on any atom is -0.423 e. The topological polar surface area (TPSA) is 81.7 Å². The molecule has 0 fully saturated rings. The number of ketones is 1. The van der Waals surface area contributed by atoms with Gasteiger partial charge in [-0.05, 0) is 38.1 Å². The number of benzene rings is 1. The molecular formula is C17H23NO5. The second-order valence-corrected chi connectivity index (χ2v) is 5.06. The first-order valence-corrected chi connectivity index (χ1v) is 7.75. The average Bonchev–Trinajstić information content (AvgIpc) is 2.49. The molecule has 23 heavy (non-hydrogen) atoms. The van der Waals surface area contributed by atoms with Crippen molar-refractivity contribution in [2.45, 2.75) is 39.5 Å². The molecule has 0 atom stereocenters. The molecule has 1 N–H and O–H groups in total. The first-order valence-electron chi connectivity index (χ1n) is 7.75. The van der Waals surface area contributed by atoms with Crippen LogP contribution in [0.1, 0.15) is 49.9 Å². The molecule has 0 aliphatic rings. The molecule has 6 heteroatoms. The van der Waals surface area contributed by atoms with E-state index in [0.29, 0.717) is 18.4 Å². The van der Waals surface area contributed by atoms with E-state index in [1.165, 1.54) is 12.1 Å². The molecule has 0 heterocycles. The maximum Gasteiger partial charge on any atom is 0.311 e. The molecule has 6 nitrogen and oxygen atoms in total. The Labute approximate surface area is 136 Å². The number of rotatable bonds is 9. The summed E-state index contributed by atoms with van der Waals surface area (Å²) in [4.78, 5) is 35.3. The fourth-order valence-electron chi connectivity index (χ4n) is 1.86. The van der Waals surface area contributed by atoms with Crippen LogP contribution in [0.3, 0.4) is 0 Å². The van der Waals surface area contributed by atoms with Crippen molar-refractivity contribution in [2.24, 2.45) is 0 Å². The summed E-state index contributed by atoms with van der Waals surface area (Å²) >= 11 is 0. The second kappa shape index (κ2) is 9.74. The van der Waals surface area contributed by atoms with Gasteiger partial charge in [-0.3, -0.25) is 14.4 Å². The molecule has 0 radical (unpaired) electrons. The lowest BCUT2D eigenvalue weighted by molar-refractivity contribution is -0.137. The van der Waals surface area contributed by atoms with Crippen LogP contribution in [0.2, 0.25) is 0 Å². The zero-order valence-electron chi connectivity index (χ0n) is 13.8. The Kier molecular flexibility index (Phi) is 7.97. The third-order valence-electron chi connectivity index (χ3n) is 2.96. The SMILES string of the molecule is CCCC(=O)Oc1ccc(C(=O)CNC)cc1OC(=O)CCC. The van der Waals surface area contributed by atoms with Crippen LogP contribution < -0.4 is 14.8 Å². The molecule has 0 unspecified atom stereocenters. The van der Waals surface area contributed by atoms with Crippen LogP contribution in [0.4, 0.5) is 0 Å². The van der Waals surface area contributed by atoms with Gasteiger partial charge in [0, 0.05) is 18.4 Å². The molecule has 1 aromatic carbocycles. The first kappa shape index (κ1) is 18.8. The van der Waals surface area contributed by atoms with Gasteiger partial charge in [-0.2, -0.15) is 0 Å². The number of hydrogen-bond acceptors (Lipinski definition) is 6. The van der Waals surface area contributed by atoms with Crippen LogP contribution in [0.25, 0.3) is 0 Å². The number of Topliss-reactive ketones (excluding diaryl/α,β-unsaturated/α-hetero) is 1. The molecule has 0 saturated carbocycles. The summed E-state index contributed by atoms with van der Waals surface area (Å²) in [6.45, 7) is 3.89. The predicted molar refractivity (Wildman–Crippen MR) is 85.8 cm³/mol. The highest BCUT2D eigenvalue weighted by molar-refractivity contribution is 5.98. The summed E-state index contributed by atoms with van der Waals surface area (Å²) in [5, 5.41) is 2.77. The molecule has 0 aliphatic heterocycles. The molecule has 0 aromatic heterocycles. The Balaban J connectivity index is 3.04. The molecule has 126 valence electrons. The molecule has 0 aliphatic carbocycles. The predicted octanol–water partition coefficient (Wildman–Crippen LogP) is 2.50. The van der Waals surface area contributed by atoms with Gasteiger partial charge in [-0.25, -0.2) is 0 Å². The molecule has 1 rings (SSSR count). The third-order valence-corrected chi connectivity index (χ3v) is 2.96. The summed E-state index contributed by atoms with van der Waals surface area (Å²) in [6.07, 6.45) is 1.81. The van der Waals surface area contributed by atoms with Crippen LogP contribution in [-0.2, 0) is 9.59 Å². The Morgan fingerprint density at radius 3 is 2.04 bits per heavy atom. The summed E-state index contributed by atoms with van der Waals surface area (Å²) < 4.78 is 10.5. The highest BCUT2D eigenvalue weighted by Gasteiger charge is 2.16. The summed E-state index contributed by atoms with van der Waals surface area (Å²) in [5.41, 5.74) is 0.383. The van der Waals surface area contributed by atoms with E-state index in [1.807, 2.05) is 13.8 Å². The van der Waals surface area contributed by atoms with Crippen molar-refractivity contribution in [1.29, 1.82) is 0 Å². The molecule has 0 bridgehead atoms. The lowest BCUT2D eigenvalue weighted by atomic mass is 10.1. The Hall–Kier alpha value is -2.21.